The fourth-order valence-electron chi connectivity index (χ4n) is 12.6. The minimum atomic E-state index is -0.467. The van der Waals surface area contributed by atoms with E-state index in [0.29, 0.717) is 0 Å². The highest BCUT2D eigenvalue weighted by molar-refractivity contribution is 6.18. The Hall–Kier alpha value is -8.40. The van der Waals surface area contributed by atoms with Gasteiger partial charge in [-0.15, -0.1) is 0 Å². The topological polar surface area (TPSA) is 29.5 Å². The minimum absolute atomic E-state index is 0.177. The lowest BCUT2D eigenvalue weighted by atomic mass is 9.70. The van der Waals surface area contributed by atoms with Crippen molar-refractivity contribution in [3.05, 3.63) is 246 Å². The van der Waals surface area contributed by atoms with Crippen LogP contribution in [0.5, 0.6) is 0 Å². The second-order valence-electron chi connectivity index (χ2n) is 19.1. The molecule has 12 aromatic rings. The van der Waals surface area contributed by atoms with Crippen molar-refractivity contribution in [3.8, 4) is 44.5 Å². The number of nitrogens with zero attached hydrogens (tertiary/aromatic N) is 1. The number of anilines is 3. The molecule has 1 spiro atoms. The van der Waals surface area contributed by atoms with E-state index in [4.69, 9.17) is 8.83 Å². The molecule has 0 bridgehead atoms. The van der Waals surface area contributed by atoms with Gasteiger partial charge in [-0.05, 0) is 127 Å². The number of rotatable bonds is 4. The summed E-state index contributed by atoms with van der Waals surface area (Å²) in [4.78, 5) is 2.50. The molecular weight excluding hydrogens is 815 g/mol. The molecule has 3 aliphatic rings. The highest BCUT2D eigenvalue weighted by atomic mass is 16.3. The van der Waals surface area contributed by atoms with E-state index < -0.39 is 5.41 Å². The standard InChI is InChI=1S/C64H41NO2/c1-63(2)50-23-10-6-18-42(50)45-32-30-40(35-55(45)63)65(56-28-15-27-54-62(56)46-21-9-13-26-53(46)64(54)51-24-11-7-19-43(51)44-20-8-12-25-52(44)64)39-31-33-57-47(34-39)48-36-60-49(37-59(48)66-57)61-41(22-14-29-58(61)67-60)38-16-4-3-5-17-38/h3-37H,1-2H3. The first-order valence-corrected chi connectivity index (χ1v) is 23.3. The summed E-state index contributed by atoms with van der Waals surface area (Å²) >= 11 is 0. The van der Waals surface area contributed by atoms with Gasteiger partial charge in [0.1, 0.15) is 22.3 Å². The average molecular weight is 856 g/mol. The van der Waals surface area contributed by atoms with Crippen molar-refractivity contribution >= 4 is 60.9 Å². The van der Waals surface area contributed by atoms with Gasteiger partial charge in [0.05, 0.1) is 11.1 Å². The Balaban J connectivity index is 0.990. The lowest BCUT2D eigenvalue weighted by Crippen LogP contribution is -2.26. The van der Waals surface area contributed by atoms with Gasteiger partial charge in [-0.3, -0.25) is 0 Å². The third kappa shape index (κ3) is 4.75. The van der Waals surface area contributed by atoms with Crippen LogP contribution < -0.4 is 4.90 Å². The van der Waals surface area contributed by atoms with Gasteiger partial charge < -0.3 is 13.7 Å². The van der Waals surface area contributed by atoms with E-state index in [-0.39, 0.29) is 5.41 Å². The Bertz CT molecular complexity index is 4040. The zero-order valence-electron chi connectivity index (χ0n) is 37.0. The quantitative estimate of drug-likeness (QED) is 0.177. The minimum Gasteiger partial charge on any atom is -0.456 e. The third-order valence-corrected chi connectivity index (χ3v) is 15.5. The number of fused-ring (bicyclic) bond motifs is 19. The molecule has 0 unspecified atom stereocenters. The molecule has 0 saturated carbocycles. The molecule has 15 rings (SSSR count). The number of furan rings is 2. The predicted octanol–water partition coefficient (Wildman–Crippen LogP) is 17.3. The Morgan fingerprint density at radius 1 is 0.343 bits per heavy atom. The van der Waals surface area contributed by atoms with E-state index in [0.717, 1.165) is 72.1 Å². The van der Waals surface area contributed by atoms with Crippen LogP contribution in [0.4, 0.5) is 17.1 Å². The summed E-state index contributed by atoms with van der Waals surface area (Å²) in [6.45, 7) is 4.73. The molecule has 0 saturated heterocycles. The van der Waals surface area contributed by atoms with Crippen LogP contribution in [0.15, 0.2) is 221 Å². The molecule has 0 amide bonds. The second kappa shape index (κ2) is 13.1. The van der Waals surface area contributed by atoms with E-state index in [1.54, 1.807) is 0 Å². The molecule has 0 fully saturated rings. The molecule has 0 atom stereocenters. The van der Waals surface area contributed by atoms with E-state index in [2.05, 4.69) is 231 Å². The van der Waals surface area contributed by atoms with E-state index >= 15 is 0 Å². The zero-order chi connectivity index (χ0) is 44.2. The van der Waals surface area contributed by atoms with Crippen LogP contribution in [-0.2, 0) is 10.8 Å². The first-order valence-electron chi connectivity index (χ1n) is 23.3. The maximum atomic E-state index is 6.78. The van der Waals surface area contributed by atoms with E-state index in [1.165, 1.54) is 66.8 Å². The normalized spacial score (nSPS) is 14.4. The molecule has 2 aromatic heterocycles. The van der Waals surface area contributed by atoms with Crippen molar-refractivity contribution in [2.45, 2.75) is 24.7 Å². The van der Waals surface area contributed by atoms with Crippen molar-refractivity contribution in [1.82, 2.24) is 0 Å². The average Bonchev–Trinajstić information content (AvgIpc) is 4.15. The molecule has 314 valence electrons. The molecule has 3 nitrogen and oxygen atoms in total. The third-order valence-electron chi connectivity index (χ3n) is 15.5. The fraction of sp³-hybridized carbons (Fsp3) is 0.0625. The summed E-state index contributed by atoms with van der Waals surface area (Å²) in [7, 11) is 0. The van der Waals surface area contributed by atoms with Crippen molar-refractivity contribution < 1.29 is 8.83 Å². The van der Waals surface area contributed by atoms with Crippen LogP contribution in [0.25, 0.3) is 88.4 Å². The first kappa shape index (κ1) is 36.9. The summed E-state index contributed by atoms with van der Waals surface area (Å²) < 4.78 is 13.5. The molecule has 0 radical (unpaired) electrons. The Morgan fingerprint density at radius 3 is 1.63 bits per heavy atom. The van der Waals surface area contributed by atoms with Crippen LogP contribution >= 0.6 is 0 Å². The van der Waals surface area contributed by atoms with Crippen LogP contribution in [0.3, 0.4) is 0 Å². The number of benzene rings is 10. The lowest BCUT2D eigenvalue weighted by molar-refractivity contribution is 0.660. The van der Waals surface area contributed by atoms with Crippen LogP contribution in [0.2, 0.25) is 0 Å². The van der Waals surface area contributed by atoms with Gasteiger partial charge in [0.15, 0.2) is 0 Å². The molecule has 3 heteroatoms. The van der Waals surface area contributed by atoms with Gasteiger partial charge in [0, 0.05) is 43.9 Å². The van der Waals surface area contributed by atoms with Gasteiger partial charge in [0.2, 0.25) is 0 Å². The molecule has 10 aromatic carbocycles. The van der Waals surface area contributed by atoms with Crippen LogP contribution in [0.1, 0.15) is 47.2 Å². The maximum absolute atomic E-state index is 6.78. The van der Waals surface area contributed by atoms with Gasteiger partial charge in [-0.2, -0.15) is 0 Å². The van der Waals surface area contributed by atoms with Crippen LogP contribution in [-0.4, -0.2) is 0 Å². The molecule has 0 N–H and O–H groups in total. The molecule has 0 aliphatic heterocycles. The van der Waals surface area contributed by atoms with Gasteiger partial charge in [-0.1, -0.05) is 172 Å². The summed E-state index contributed by atoms with van der Waals surface area (Å²) in [6.07, 6.45) is 0. The van der Waals surface area contributed by atoms with Crippen molar-refractivity contribution in [2.24, 2.45) is 0 Å². The van der Waals surface area contributed by atoms with Crippen molar-refractivity contribution in [2.75, 3.05) is 4.90 Å². The fourth-order valence-corrected chi connectivity index (χ4v) is 12.6. The van der Waals surface area contributed by atoms with Crippen molar-refractivity contribution in [3.63, 3.8) is 0 Å². The first-order chi connectivity index (χ1) is 33.0. The summed E-state index contributed by atoms with van der Waals surface area (Å²) in [5.74, 6) is 0. The Morgan fingerprint density at radius 2 is 0.866 bits per heavy atom. The van der Waals surface area contributed by atoms with E-state index in [1.807, 2.05) is 0 Å². The highest BCUT2D eigenvalue weighted by Gasteiger charge is 2.52. The molecule has 67 heavy (non-hydrogen) atoms. The number of hydrogen-bond acceptors (Lipinski definition) is 3. The van der Waals surface area contributed by atoms with Gasteiger partial charge in [-0.25, -0.2) is 0 Å². The lowest BCUT2D eigenvalue weighted by Gasteiger charge is -2.32. The van der Waals surface area contributed by atoms with E-state index in [9.17, 15) is 0 Å². The Kier molecular flexibility index (Phi) is 7.22. The summed E-state index contributed by atoms with van der Waals surface area (Å²) in [5.41, 5.74) is 24.1. The SMILES string of the molecule is CC1(C)c2ccccc2-c2ccc(N(c3ccc4oc5cc6c(cc5c4c3)oc3cccc(-c4ccccc4)c36)c3cccc4c3-c3ccccc3C43c4ccccc4-c4ccccc43)cc21. The Labute approximate surface area is 387 Å². The molecule has 2 heterocycles. The zero-order valence-corrected chi connectivity index (χ0v) is 37.0. The van der Waals surface area contributed by atoms with Crippen LogP contribution in [0, 0.1) is 0 Å². The maximum Gasteiger partial charge on any atom is 0.136 e. The summed E-state index contributed by atoms with van der Waals surface area (Å²) in [5, 5.41) is 4.22. The monoisotopic (exact) mass is 855 g/mol. The highest BCUT2D eigenvalue weighted by Crippen LogP contribution is 2.65. The smallest absolute Gasteiger partial charge is 0.136 e. The molecule has 3 aliphatic carbocycles. The molecular formula is C64H41NO2. The largest absolute Gasteiger partial charge is 0.456 e. The second-order valence-corrected chi connectivity index (χ2v) is 19.1. The van der Waals surface area contributed by atoms with Gasteiger partial charge in [0.25, 0.3) is 0 Å². The van der Waals surface area contributed by atoms with Gasteiger partial charge >= 0.3 is 0 Å². The summed E-state index contributed by atoms with van der Waals surface area (Å²) in [6, 6.07) is 78.2. The van der Waals surface area contributed by atoms with Crippen molar-refractivity contribution in [1.29, 1.82) is 0 Å². The predicted molar refractivity (Wildman–Crippen MR) is 275 cm³/mol. The number of hydrogen-bond donors (Lipinski definition) is 0.